The van der Waals surface area contributed by atoms with Gasteiger partial charge in [-0.25, -0.2) is 0 Å². The second-order valence-corrected chi connectivity index (χ2v) is 5.22. The Morgan fingerprint density at radius 3 is 2.50 bits per heavy atom. The van der Waals surface area contributed by atoms with Gasteiger partial charge >= 0.3 is 0 Å². The van der Waals surface area contributed by atoms with Gasteiger partial charge in [0.2, 0.25) is 5.91 Å². The predicted molar refractivity (Wildman–Crippen MR) is 65.2 cm³/mol. The van der Waals surface area contributed by atoms with Crippen molar-refractivity contribution in [2.45, 2.75) is 39.5 Å². The van der Waals surface area contributed by atoms with Gasteiger partial charge in [-0.15, -0.1) is 0 Å². The SMILES string of the molecule is CCC1(CNC(=O)C(C)=C2CNC2)CCC1. The number of nitrogens with one attached hydrogen (secondary N) is 2. The van der Waals surface area contributed by atoms with E-state index in [0.717, 1.165) is 25.2 Å². The Labute approximate surface area is 97.7 Å². The van der Waals surface area contributed by atoms with Crippen molar-refractivity contribution in [3.8, 4) is 0 Å². The van der Waals surface area contributed by atoms with E-state index >= 15 is 0 Å². The zero-order chi connectivity index (χ0) is 11.6. The van der Waals surface area contributed by atoms with Crippen LogP contribution in [0.2, 0.25) is 0 Å². The monoisotopic (exact) mass is 222 g/mol. The fraction of sp³-hybridized carbons (Fsp3) is 0.769. The number of carbonyl (C=O) groups excluding carboxylic acids is 1. The third-order valence-electron chi connectivity index (χ3n) is 4.34. The normalized spacial score (nSPS) is 22.0. The van der Waals surface area contributed by atoms with Gasteiger partial charge in [0.05, 0.1) is 0 Å². The van der Waals surface area contributed by atoms with Crippen LogP contribution in [0.25, 0.3) is 0 Å². The highest BCUT2D eigenvalue weighted by Crippen LogP contribution is 2.43. The fourth-order valence-electron chi connectivity index (χ4n) is 2.41. The van der Waals surface area contributed by atoms with Crippen LogP contribution in [0.1, 0.15) is 39.5 Å². The average molecular weight is 222 g/mol. The molecule has 2 fully saturated rings. The first-order valence-electron chi connectivity index (χ1n) is 6.34. The summed E-state index contributed by atoms with van der Waals surface area (Å²) in [6.45, 7) is 6.80. The molecule has 0 spiro atoms. The molecule has 0 radical (unpaired) electrons. The Bertz CT molecular complexity index is 304. The average Bonchev–Trinajstić information content (AvgIpc) is 2.13. The lowest BCUT2D eigenvalue weighted by Crippen LogP contribution is -2.43. The van der Waals surface area contributed by atoms with Crippen LogP contribution in [0.5, 0.6) is 0 Å². The van der Waals surface area contributed by atoms with Crippen molar-refractivity contribution in [3.05, 3.63) is 11.1 Å². The summed E-state index contributed by atoms with van der Waals surface area (Å²) in [7, 11) is 0. The molecule has 90 valence electrons. The molecule has 0 aromatic rings. The van der Waals surface area contributed by atoms with Gasteiger partial charge in [0.15, 0.2) is 0 Å². The Kier molecular flexibility index (Phi) is 3.33. The molecule has 0 atom stereocenters. The number of rotatable bonds is 4. The summed E-state index contributed by atoms with van der Waals surface area (Å²) < 4.78 is 0. The lowest BCUT2D eigenvalue weighted by molar-refractivity contribution is -0.118. The summed E-state index contributed by atoms with van der Waals surface area (Å²) >= 11 is 0. The Hall–Kier alpha value is -0.830. The zero-order valence-corrected chi connectivity index (χ0v) is 10.4. The molecule has 0 unspecified atom stereocenters. The Balaban J connectivity index is 1.83. The summed E-state index contributed by atoms with van der Waals surface area (Å²) in [5.41, 5.74) is 2.60. The molecule has 1 amide bonds. The van der Waals surface area contributed by atoms with Crippen molar-refractivity contribution in [2.24, 2.45) is 5.41 Å². The Morgan fingerprint density at radius 1 is 1.44 bits per heavy atom. The first-order chi connectivity index (χ1) is 7.67. The van der Waals surface area contributed by atoms with Gasteiger partial charge < -0.3 is 10.6 Å². The first-order valence-corrected chi connectivity index (χ1v) is 6.34. The smallest absolute Gasteiger partial charge is 0.246 e. The molecular weight excluding hydrogens is 200 g/mol. The van der Waals surface area contributed by atoms with Crippen LogP contribution >= 0.6 is 0 Å². The fourth-order valence-corrected chi connectivity index (χ4v) is 2.41. The topological polar surface area (TPSA) is 41.1 Å². The van der Waals surface area contributed by atoms with Crippen LogP contribution in [0.3, 0.4) is 0 Å². The maximum Gasteiger partial charge on any atom is 0.246 e. The minimum atomic E-state index is 0.135. The molecule has 1 saturated carbocycles. The van der Waals surface area contributed by atoms with Gasteiger partial charge in [0.1, 0.15) is 0 Å². The summed E-state index contributed by atoms with van der Waals surface area (Å²) in [4.78, 5) is 11.9. The van der Waals surface area contributed by atoms with Crippen LogP contribution in [-0.4, -0.2) is 25.5 Å². The third kappa shape index (κ3) is 2.14. The highest BCUT2D eigenvalue weighted by atomic mass is 16.1. The Morgan fingerprint density at radius 2 is 2.12 bits per heavy atom. The molecule has 1 aliphatic carbocycles. The van der Waals surface area contributed by atoms with E-state index in [9.17, 15) is 4.79 Å². The van der Waals surface area contributed by atoms with Crippen molar-refractivity contribution in [2.75, 3.05) is 19.6 Å². The van der Waals surface area contributed by atoms with E-state index in [4.69, 9.17) is 0 Å². The van der Waals surface area contributed by atoms with E-state index < -0.39 is 0 Å². The summed E-state index contributed by atoms with van der Waals surface area (Å²) in [6.07, 6.45) is 5.07. The molecule has 2 rings (SSSR count). The van der Waals surface area contributed by atoms with Crippen molar-refractivity contribution < 1.29 is 4.79 Å². The molecule has 2 N–H and O–H groups in total. The maximum absolute atomic E-state index is 11.9. The number of carbonyl (C=O) groups is 1. The molecule has 3 heteroatoms. The van der Waals surface area contributed by atoms with Crippen LogP contribution < -0.4 is 10.6 Å². The molecule has 0 aromatic heterocycles. The molecule has 3 nitrogen and oxygen atoms in total. The lowest BCUT2D eigenvalue weighted by atomic mass is 9.67. The molecule has 0 aromatic carbocycles. The van der Waals surface area contributed by atoms with Crippen LogP contribution in [0.15, 0.2) is 11.1 Å². The van der Waals surface area contributed by atoms with E-state index in [1.807, 2.05) is 6.92 Å². The molecule has 2 aliphatic rings. The molecule has 0 bridgehead atoms. The molecule has 1 saturated heterocycles. The van der Waals surface area contributed by atoms with Crippen LogP contribution in [0.4, 0.5) is 0 Å². The largest absolute Gasteiger partial charge is 0.352 e. The van der Waals surface area contributed by atoms with E-state index in [1.165, 1.54) is 31.3 Å². The molecule has 1 heterocycles. The minimum absolute atomic E-state index is 0.135. The van der Waals surface area contributed by atoms with Crippen molar-refractivity contribution in [1.29, 1.82) is 0 Å². The third-order valence-corrected chi connectivity index (χ3v) is 4.34. The predicted octanol–water partition coefficient (Wildman–Crippen LogP) is 1.60. The second kappa shape index (κ2) is 4.58. The molecule has 1 aliphatic heterocycles. The summed E-state index contributed by atoms with van der Waals surface area (Å²) in [5.74, 6) is 0.135. The van der Waals surface area contributed by atoms with Gasteiger partial charge in [-0.2, -0.15) is 0 Å². The quantitative estimate of drug-likeness (QED) is 0.709. The highest BCUT2D eigenvalue weighted by molar-refractivity contribution is 5.94. The van der Waals surface area contributed by atoms with Gasteiger partial charge in [0.25, 0.3) is 0 Å². The van der Waals surface area contributed by atoms with E-state index in [-0.39, 0.29) is 5.91 Å². The molecule has 16 heavy (non-hydrogen) atoms. The van der Waals surface area contributed by atoms with Gasteiger partial charge in [0, 0.05) is 25.2 Å². The van der Waals surface area contributed by atoms with E-state index in [2.05, 4.69) is 17.6 Å². The minimum Gasteiger partial charge on any atom is -0.352 e. The van der Waals surface area contributed by atoms with Crippen LogP contribution in [-0.2, 0) is 4.79 Å². The van der Waals surface area contributed by atoms with Crippen molar-refractivity contribution in [3.63, 3.8) is 0 Å². The molecular formula is C13H22N2O. The van der Waals surface area contributed by atoms with E-state index in [1.54, 1.807) is 0 Å². The highest BCUT2D eigenvalue weighted by Gasteiger charge is 2.35. The van der Waals surface area contributed by atoms with Crippen molar-refractivity contribution >= 4 is 5.91 Å². The lowest BCUT2D eigenvalue weighted by Gasteiger charge is -2.41. The summed E-state index contributed by atoms with van der Waals surface area (Å²) in [5, 5.41) is 6.27. The van der Waals surface area contributed by atoms with Crippen LogP contribution in [0, 0.1) is 5.41 Å². The standard InChI is InChI=1S/C13H22N2O/c1-3-13(5-4-6-13)9-15-12(16)10(2)11-7-14-8-11/h14H,3-9H2,1-2H3,(H,15,16). The van der Waals surface area contributed by atoms with Gasteiger partial charge in [-0.05, 0) is 37.2 Å². The number of hydrogen-bond acceptors (Lipinski definition) is 2. The second-order valence-electron chi connectivity index (χ2n) is 5.22. The first kappa shape index (κ1) is 11.6. The maximum atomic E-state index is 11.9. The summed E-state index contributed by atoms with van der Waals surface area (Å²) in [6, 6.07) is 0. The van der Waals surface area contributed by atoms with Gasteiger partial charge in [-0.1, -0.05) is 13.3 Å². The van der Waals surface area contributed by atoms with Crippen molar-refractivity contribution in [1.82, 2.24) is 10.6 Å². The zero-order valence-electron chi connectivity index (χ0n) is 10.4. The van der Waals surface area contributed by atoms with E-state index in [0.29, 0.717) is 5.41 Å². The number of amides is 1. The number of hydrogen-bond donors (Lipinski definition) is 2. The van der Waals surface area contributed by atoms with Gasteiger partial charge in [-0.3, -0.25) is 4.79 Å².